The molecule has 1 aromatic carbocycles. The standard InChI is InChI=1S/C26H30N4O/c1-20-9-7-13-23(28-20)19-30-16-8-12-22(18-30)26(24-14-5-6-15-27-24)29-25(31)17-21-10-3-2-4-11-21/h2-7,9-11,13-15,22,26H,8,12,16-19H2,1H3,(H,29,31)/t22-,26+/m1/s1. The van der Waals surface area contributed by atoms with E-state index in [0.29, 0.717) is 12.3 Å². The largest absolute Gasteiger partial charge is 0.347 e. The molecule has 3 heterocycles. The maximum Gasteiger partial charge on any atom is 0.224 e. The van der Waals surface area contributed by atoms with Crippen LogP contribution in [0.25, 0.3) is 0 Å². The number of benzene rings is 1. The summed E-state index contributed by atoms with van der Waals surface area (Å²) in [6.07, 6.45) is 4.37. The number of nitrogens with zero attached hydrogens (tertiary/aromatic N) is 3. The number of pyridine rings is 2. The minimum atomic E-state index is -0.0920. The van der Waals surface area contributed by atoms with E-state index in [9.17, 15) is 4.79 Å². The molecule has 0 saturated carbocycles. The summed E-state index contributed by atoms with van der Waals surface area (Å²) in [5, 5.41) is 3.30. The average Bonchev–Trinajstić information content (AvgIpc) is 2.79. The van der Waals surface area contributed by atoms with Gasteiger partial charge in [-0.2, -0.15) is 0 Å². The molecule has 0 radical (unpaired) electrons. The van der Waals surface area contributed by atoms with E-state index in [1.807, 2.05) is 67.7 Å². The Kier molecular flexibility index (Phi) is 7.05. The molecule has 0 aliphatic carbocycles. The maximum atomic E-state index is 12.9. The number of aryl methyl sites for hydroxylation is 1. The molecule has 1 aliphatic rings. The zero-order chi connectivity index (χ0) is 21.5. The Morgan fingerprint density at radius 2 is 1.94 bits per heavy atom. The fourth-order valence-corrected chi connectivity index (χ4v) is 4.42. The van der Waals surface area contributed by atoms with Gasteiger partial charge in [-0.15, -0.1) is 0 Å². The molecule has 0 bridgehead atoms. The predicted molar refractivity (Wildman–Crippen MR) is 122 cm³/mol. The minimum Gasteiger partial charge on any atom is -0.347 e. The van der Waals surface area contributed by atoms with Gasteiger partial charge in [0.25, 0.3) is 0 Å². The lowest BCUT2D eigenvalue weighted by Crippen LogP contribution is -2.43. The van der Waals surface area contributed by atoms with Crippen LogP contribution in [-0.2, 0) is 17.8 Å². The number of hydrogen-bond acceptors (Lipinski definition) is 4. The normalized spacial score (nSPS) is 17.8. The van der Waals surface area contributed by atoms with Gasteiger partial charge in [0.15, 0.2) is 0 Å². The Balaban J connectivity index is 1.47. The Morgan fingerprint density at radius 3 is 2.71 bits per heavy atom. The number of carbonyl (C=O) groups is 1. The number of piperidine rings is 1. The molecule has 31 heavy (non-hydrogen) atoms. The lowest BCUT2D eigenvalue weighted by Gasteiger charge is -2.37. The van der Waals surface area contributed by atoms with E-state index < -0.39 is 0 Å². The smallest absolute Gasteiger partial charge is 0.224 e. The van der Waals surface area contributed by atoms with Gasteiger partial charge in [-0.25, -0.2) is 0 Å². The SMILES string of the molecule is Cc1cccc(CN2CCC[C@@H]([C@H](NC(=O)Cc3ccccc3)c3ccccn3)C2)n1. The van der Waals surface area contributed by atoms with Gasteiger partial charge in [0.2, 0.25) is 5.91 Å². The van der Waals surface area contributed by atoms with E-state index in [1.54, 1.807) is 0 Å². The molecule has 4 rings (SSSR count). The summed E-state index contributed by atoms with van der Waals surface area (Å²) in [4.78, 5) is 24.6. The van der Waals surface area contributed by atoms with Crippen molar-refractivity contribution in [3.63, 3.8) is 0 Å². The van der Waals surface area contributed by atoms with Crippen LogP contribution in [0.3, 0.4) is 0 Å². The van der Waals surface area contributed by atoms with Crippen molar-refractivity contribution in [2.24, 2.45) is 5.92 Å². The average molecular weight is 415 g/mol. The topological polar surface area (TPSA) is 58.1 Å². The summed E-state index contributed by atoms with van der Waals surface area (Å²) in [7, 11) is 0. The van der Waals surface area contributed by atoms with E-state index in [1.165, 1.54) is 0 Å². The molecule has 1 amide bonds. The molecule has 2 atom stereocenters. The van der Waals surface area contributed by atoms with Crippen LogP contribution in [0, 0.1) is 12.8 Å². The number of aromatic nitrogens is 2. The third-order valence-corrected chi connectivity index (χ3v) is 5.88. The second kappa shape index (κ2) is 10.3. The Hall–Kier alpha value is -3.05. The quantitative estimate of drug-likeness (QED) is 0.632. The predicted octanol–water partition coefficient (Wildman–Crippen LogP) is 4.10. The molecule has 5 nitrogen and oxygen atoms in total. The molecule has 5 heteroatoms. The zero-order valence-corrected chi connectivity index (χ0v) is 18.1. The van der Waals surface area contributed by atoms with Crippen LogP contribution in [0.4, 0.5) is 0 Å². The summed E-state index contributed by atoms with van der Waals surface area (Å²) in [6.45, 7) is 4.84. The number of amides is 1. The lowest BCUT2D eigenvalue weighted by molar-refractivity contribution is -0.121. The van der Waals surface area contributed by atoms with Gasteiger partial charge < -0.3 is 5.32 Å². The van der Waals surface area contributed by atoms with Gasteiger partial charge in [-0.3, -0.25) is 19.7 Å². The first-order chi connectivity index (χ1) is 15.2. The molecule has 0 spiro atoms. The van der Waals surface area contributed by atoms with Gasteiger partial charge in [0, 0.05) is 25.0 Å². The van der Waals surface area contributed by atoms with Crippen molar-refractivity contribution in [3.8, 4) is 0 Å². The number of nitrogens with one attached hydrogen (secondary N) is 1. The molecule has 1 aliphatic heterocycles. The summed E-state index contributed by atoms with van der Waals surface area (Å²) in [6, 6.07) is 21.9. The van der Waals surface area contributed by atoms with Gasteiger partial charge in [-0.05, 0) is 62.1 Å². The fourth-order valence-electron chi connectivity index (χ4n) is 4.42. The van der Waals surface area contributed by atoms with Crippen LogP contribution in [0.2, 0.25) is 0 Å². The van der Waals surface area contributed by atoms with E-state index in [4.69, 9.17) is 0 Å². The molecular weight excluding hydrogens is 384 g/mol. The van der Waals surface area contributed by atoms with Crippen LogP contribution in [0.15, 0.2) is 72.9 Å². The number of carbonyl (C=O) groups excluding carboxylic acids is 1. The fraction of sp³-hybridized carbons (Fsp3) is 0.346. The van der Waals surface area contributed by atoms with Crippen LogP contribution in [-0.4, -0.2) is 33.9 Å². The number of likely N-dealkylation sites (tertiary alicyclic amines) is 1. The van der Waals surface area contributed by atoms with Crippen molar-refractivity contribution in [1.29, 1.82) is 0 Å². The molecule has 1 saturated heterocycles. The zero-order valence-electron chi connectivity index (χ0n) is 18.1. The first-order valence-electron chi connectivity index (χ1n) is 11.1. The molecule has 3 aromatic rings. The Morgan fingerprint density at radius 1 is 1.10 bits per heavy atom. The van der Waals surface area contributed by atoms with Crippen molar-refractivity contribution in [3.05, 3.63) is 95.6 Å². The van der Waals surface area contributed by atoms with Crippen LogP contribution < -0.4 is 5.32 Å². The van der Waals surface area contributed by atoms with E-state index in [-0.39, 0.29) is 11.9 Å². The maximum absolute atomic E-state index is 12.9. The van der Waals surface area contributed by atoms with Crippen molar-refractivity contribution in [1.82, 2.24) is 20.2 Å². The van der Waals surface area contributed by atoms with E-state index >= 15 is 0 Å². The van der Waals surface area contributed by atoms with Crippen molar-refractivity contribution >= 4 is 5.91 Å². The minimum absolute atomic E-state index is 0.0410. The molecule has 1 fully saturated rings. The molecule has 160 valence electrons. The van der Waals surface area contributed by atoms with Gasteiger partial charge in [0.1, 0.15) is 0 Å². The summed E-state index contributed by atoms with van der Waals surface area (Å²) in [5.74, 6) is 0.354. The summed E-state index contributed by atoms with van der Waals surface area (Å²) < 4.78 is 0. The highest BCUT2D eigenvalue weighted by molar-refractivity contribution is 5.79. The molecule has 2 aromatic heterocycles. The second-order valence-electron chi connectivity index (χ2n) is 8.37. The van der Waals surface area contributed by atoms with Gasteiger partial charge >= 0.3 is 0 Å². The third-order valence-electron chi connectivity index (χ3n) is 5.88. The van der Waals surface area contributed by atoms with Gasteiger partial charge in [0.05, 0.1) is 23.9 Å². The van der Waals surface area contributed by atoms with Crippen LogP contribution in [0.5, 0.6) is 0 Å². The highest BCUT2D eigenvalue weighted by Gasteiger charge is 2.30. The summed E-state index contributed by atoms with van der Waals surface area (Å²) in [5.41, 5.74) is 4.11. The highest BCUT2D eigenvalue weighted by Crippen LogP contribution is 2.29. The van der Waals surface area contributed by atoms with E-state index in [2.05, 4.69) is 32.3 Å². The van der Waals surface area contributed by atoms with Crippen molar-refractivity contribution < 1.29 is 4.79 Å². The van der Waals surface area contributed by atoms with Crippen LogP contribution in [0.1, 0.15) is 41.5 Å². The first kappa shape index (κ1) is 21.2. The number of hydrogen-bond donors (Lipinski definition) is 1. The van der Waals surface area contributed by atoms with Crippen LogP contribution >= 0.6 is 0 Å². The van der Waals surface area contributed by atoms with E-state index in [0.717, 1.165) is 55.1 Å². The molecule has 0 unspecified atom stereocenters. The lowest BCUT2D eigenvalue weighted by atomic mass is 9.88. The third kappa shape index (κ3) is 5.98. The van der Waals surface area contributed by atoms with Crippen molar-refractivity contribution in [2.45, 2.75) is 38.8 Å². The molecule has 1 N–H and O–H groups in total. The monoisotopic (exact) mass is 414 g/mol. The Bertz CT molecular complexity index is 977. The first-order valence-corrected chi connectivity index (χ1v) is 11.1. The van der Waals surface area contributed by atoms with Crippen molar-refractivity contribution in [2.75, 3.05) is 13.1 Å². The summed E-state index contributed by atoms with van der Waals surface area (Å²) >= 11 is 0. The Labute approximate surface area is 184 Å². The second-order valence-corrected chi connectivity index (χ2v) is 8.37. The highest BCUT2D eigenvalue weighted by atomic mass is 16.1. The number of rotatable bonds is 7. The molecular formula is C26H30N4O. The van der Waals surface area contributed by atoms with Gasteiger partial charge in [-0.1, -0.05) is 42.5 Å².